The first kappa shape index (κ1) is 13.9. The molecule has 5 heteroatoms. The molecule has 0 aromatic rings. The first-order chi connectivity index (χ1) is 7.43. The van der Waals surface area contributed by atoms with E-state index in [0.29, 0.717) is 18.9 Å². The second-order valence-electron chi connectivity index (χ2n) is 4.90. The molecule has 1 saturated heterocycles. The molecule has 0 aromatic carbocycles. The van der Waals surface area contributed by atoms with Crippen LogP contribution >= 0.6 is 0 Å². The van der Waals surface area contributed by atoms with E-state index in [-0.39, 0.29) is 12.6 Å². The maximum Gasteiger partial charge on any atom is 0.218 e. The van der Waals surface area contributed by atoms with Crippen molar-refractivity contribution in [3.8, 4) is 0 Å². The molecule has 0 spiro atoms. The van der Waals surface area contributed by atoms with Crippen LogP contribution in [0.1, 0.15) is 40.0 Å². The number of hydrogen-bond acceptors (Lipinski definition) is 3. The lowest BCUT2D eigenvalue weighted by molar-refractivity contribution is 0.218. The van der Waals surface area contributed by atoms with Gasteiger partial charge in [-0.25, -0.2) is 8.42 Å². The van der Waals surface area contributed by atoms with Crippen LogP contribution in [0.15, 0.2) is 0 Å². The third-order valence-electron chi connectivity index (χ3n) is 3.54. The maximum atomic E-state index is 12.3. The molecule has 2 N–H and O–H groups in total. The van der Waals surface area contributed by atoms with Crippen LogP contribution < -0.4 is 5.73 Å². The Morgan fingerprint density at radius 3 is 2.50 bits per heavy atom. The van der Waals surface area contributed by atoms with Crippen molar-refractivity contribution in [2.24, 2.45) is 11.7 Å². The van der Waals surface area contributed by atoms with Crippen LogP contribution in [0.5, 0.6) is 0 Å². The molecule has 4 nitrogen and oxygen atoms in total. The predicted molar refractivity (Wildman–Crippen MR) is 66.6 cm³/mol. The van der Waals surface area contributed by atoms with Crippen molar-refractivity contribution in [1.29, 1.82) is 0 Å². The number of piperidine rings is 1. The van der Waals surface area contributed by atoms with Crippen molar-refractivity contribution in [3.63, 3.8) is 0 Å². The van der Waals surface area contributed by atoms with Crippen molar-refractivity contribution < 1.29 is 8.42 Å². The first-order valence-corrected chi connectivity index (χ1v) is 7.64. The number of hydrogen-bond donors (Lipinski definition) is 1. The van der Waals surface area contributed by atoms with Crippen molar-refractivity contribution in [2.75, 3.05) is 13.1 Å². The molecular formula is C11H24N2O2S. The quantitative estimate of drug-likeness (QED) is 0.812. The zero-order chi connectivity index (χ0) is 12.3. The van der Waals surface area contributed by atoms with Gasteiger partial charge in [-0.15, -0.1) is 0 Å². The van der Waals surface area contributed by atoms with Gasteiger partial charge in [0.25, 0.3) is 0 Å². The highest BCUT2D eigenvalue weighted by Crippen LogP contribution is 2.26. The lowest BCUT2D eigenvalue weighted by Gasteiger charge is -2.37. The average Bonchev–Trinajstić information content (AvgIpc) is 2.18. The fraction of sp³-hybridized carbons (Fsp3) is 1.00. The summed E-state index contributed by atoms with van der Waals surface area (Å²) in [6.07, 6.45) is 2.52. The first-order valence-electron chi connectivity index (χ1n) is 6.14. The largest absolute Gasteiger partial charge is 0.329 e. The van der Waals surface area contributed by atoms with E-state index in [9.17, 15) is 8.42 Å². The van der Waals surface area contributed by atoms with Crippen LogP contribution in [-0.4, -0.2) is 37.1 Å². The van der Waals surface area contributed by atoms with Gasteiger partial charge in [-0.2, -0.15) is 4.31 Å². The van der Waals surface area contributed by atoms with Gasteiger partial charge in [-0.05, 0) is 32.1 Å². The van der Waals surface area contributed by atoms with Gasteiger partial charge in [-0.3, -0.25) is 0 Å². The molecule has 0 aromatic heterocycles. The van der Waals surface area contributed by atoms with Crippen LogP contribution in [0.25, 0.3) is 0 Å². The van der Waals surface area contributed by atoms with E-state index in [2.05, 4.69) is 6.92 Å². The topological polar surface area (TPSA) is 63.4 Å². The Morgan fingerprint density at radius 2 is 2.06 bits per heavy atom. The standard InChI is InChI=1S/C11H24N2O2S/c1-4-11(8-12)16(14,15)13-6-5-9(2)7-10(13)3/h9-11H,4-8,12H2,1-3H3. The Labute approximate surface area is 99.2 Å². The lowest BCUT2D eigenvalue weighted by Crippen LogP contribution is -2.49. The number of nitrogens with two attached hydrogens (primary N) is 1. The van der Waals surface area contributed by atoms with Crippen LogP contribution in [0.3, 0.4) is 0 Å². The summed E-state index contributed by atoms with van der Waals surface area (Å²) in [5, 5.41) is -0.414. The molecule has 0 aliphatic carbocycles. The van der Waals surface area contributed by atoms with E-state index in [1.807, 2.05) is 13.8 Å². The molecule has 0 bridgehead atoms. The predicted octanol–water partition coefficient (Wildman–Crippen LogP) is 1.17. The molecule has 1 heterocycles. The van der Waals surface area contributed by atoms with E-state index in [1.54, 1.807) is 4.31 Å². The highest BCUT2D eigenvalue weighted by atomic mass is 32.2. The fourth-order valence-electron chi connectivity index (χ4n) is 2.45. The van der Waals surface area contributed by atoms with Crippen LogP contribution in [0.4, 0.5) is 0 Å². The molecule has 3 atom stereocenters. The van der Waals surface area contributed by atoms with E-state index in [0.717, 1.165) is 12.8 Å². The Balaban J connectivity index is 2.83. The summed E-state index contributed by atoms with van der Waals surface area (Å²) >= 11 is 0. The van der Waals surface area contributed by atoms with Crippen LogP contribution in [-0.2, 0) is 10.0 Å². The Bertz CT molecular complexity index is 312. The van der Waals surface area contributed by atoms with E-state index >= 15 is 0 Å². The van der Waals surface area contributed by atoms with Gasteiger partial charge < -0.3 is 5.73 Å². The highest BCUT2D eigenvalue weighted by Gasteiger charge is 2.35. The molecular weight excluding hydrogens is 224 g/mol. The highest BCUT2D eigenvalue weighted by molar-refractivity contribution is 7.89. The average molecular weight is 248 g/mol. The Hall–Kier alpha value is -0.130. The van der Waals surface area contributed by atoms with Crippen molar-refractivity contribution >= 4 is 10.0 Å². The third kappa shape index (κ3) is 2.76. The third-order valence-corrected chi connectivity index (χ3v) is 6.11. The monoisotopic (exact) mass is 248 g/mol. The zero-order valence-electron chi connectivity index (χ0n) is 10.5. The molecule has 0 saturated carbocycles. The fourth-order valence-corrected chi connectivity index (χ4v) is 4.45. The van der Waals surface area contributed by atoms with Gasteiger partial charge in [0, 0.05) is 19.1 Å². The summed E-state index contributed by atoms with van der Waals surface area (Å²) in [5.41, 5.74) is 5.54. The summed E-state index contributed by atoms with van der Waals surface area (Å²) in [5.74, 6) is 0.624. The van der Waals surface area contributed by atoms with Gasteiger partial charge >= 0.3 is 0 Å². The molecule has 0 amide bonds. The minimum Gasteiger partial charge on any atom is -0.329 e. The maximum absolute atomic E-state index is 12.3. The van der Waals surface area contributed by atoms with E-state index in [1.165, 1.54) is 0 Å². The molecule has 1 aliphatic rings. The SMILES string of the molecule is CCC(CN)S(=O)(=O)N1CCC(C)CC1C. The molecule has 0 radical (unpaired) electrons. The molecule has 16 heavy (non-hydrogen) atoms. The summed E-state index contributed by atoms with van der Waals surface area (Å²) in [7, 11) is -3.19. The summed E-state index contributed by atoms with van der Waals surface area (Å²) < 4.78 is 26.3. The van der Waals surface area contributed by atoms with Crippen molar-refractivity contribution in [1.82, 2.24) is 4.31 Å². The molecule has 96 valence electrons. The molecule has 3 unspecified atom stereocenters. The van der Waals surface area contributed by atoms with Gasteiger partial charge in [0.1, 0.15) is 0 Å². The minimum atomic E-state index is -3.19. The summed E-state index contributed by atoms with van der Waals surface area (Å²) in [6, 6.07) is 0.120. The normalized spacial score (nSPS) is 30.2. The minimum absolute atomic E-state index is 0.120. The lowest BCUT2D eigenvalue weighted by atomic mass is 9.95. The van der Waals surface area contributed by atoms with Gasteiger partial charge in [-0.1, -0.05) is 13.8 Å². The van der Waals surface area contributed by atoms with Gasteiger partial charge in [0.2, 0.25) is 10.0 Å². The Kier molecular flexibility index (Phi) is 4.76. The summed E-state index contributed by atoms with van der Waals surface area (Å²) in [4.78, 5) is 0. The van der Waals surface area contributed by atoms with Crippen molar-refractivity contribution in [3.05, 3.63) is 0 Å². The molecule has 1 fully saturated rings. The number of sulfonamides is 1. The van der Waals surface area contributed by atoms with E-state index in [4.69, 9.17) is 5.73 Å². The van der Waals surface area contributed by atoms with Gasteiger partial charge in [0.05, 0.1) is 5.25 Å². The Morgan fingerprint density at radius 1 is 1.44 bits per heavy atom. The van der Waals surface area contributed by atoms with Crippen LogP contribution in [0, 0.1) is 5.92 Å². The number of nitrogens with zero attached hydrogens (tertiary/aromatic N) is 1. The van der Waals surface area contributed by atoms with Gasteiger partial charge in [0.15, 0.2) is 0 Å². The second kappa shape index (κ2) is 5.47. The molecule has 1 rings (SSSR count). The molecule has 1 aliphatic heterocycles. The second-order valence-corrected chi connectivity index (χ2v) is 7.07. The van der Waals surface area contributed by atoms with Crippen molar-refractivity contribution in [2.45, 2.75) is 51.3 Å². The summed E-state index contributed by atoms with van der Waals surface area (Å²) in [6.45, 7) is 6.93. The smallest absolute Gasteiger partial charge is 0.218 e. The van der Waals surface area contributed by atoms with E-state index < -0.39 is 15.3 Å². The zero-order valence-corrected chi connectivity index (χ0v) is 11.3. The van der Waals surface area contributed by atoms with Crippen LogP contribution in [0.2, 0.25) is 0 Å². The number of rotatable bonds is 4.